The lowest BCUT2D eigenvalue weighted by atomic mass is 10.2. The fourth-order valence-electron chi connectivity index (χ4n) is 1.97. The molecule has 0 saturated heterocycles. The van der Waals surface area contributed by atoms with E-state index < -0.39 is 5.54 Å². The van der Waals surface area contributed by atoms with E-state index in [9.17, 15) is 4.79 Å². The number of aryl methyl sites for hydroxylation is 1. The molecule has 4 nitrogen and oxygen atoms in total. The van der Waals surface area contributed by atoms with E-state index in [-0.39, 0.29) is 5.91 Å². The number of carbonyl (C=O) groups excluding carboxylic acids is 1. The molecule has 2 aromatic carbocycles. The molecule has 0 aliphatic heterocycles. The maximum absolute atomic E-state index is 11.8. The van der Waals surface area contributed by atoms with Gasteiger partial charge >= 0.3 is 0 Å². The minimum Gasteiger partial charge on any atom is -0.457 e. The van der Waals surface area contributed by atoms with E-state index in [0.29, 0.717) is 0 Å². The van der Waals surface area contributed by atoms with Crippen LogP contribution in [0.5, 0.6) is 11.5 Å². The van der Waals surface area contributed by atoms with Gasteiger partial charge in [-0.25, -0.2) is 0 Å². The molecule has 0 radical (unpaired) electrons. The average molecular weight is 282 g/mol. The molecule has 0 heterocycles. The van der Waals surface area contributed by atoms with Crippen LogP contribution in [0.1, 0.15) is 18.4 Å². The summed E-state index contributed by atoms with van der Waals surface area (Å²) in [5, 5.41) is 2.82. The maximum Gasteiger partial charge on any atom is 0.244 e. The van der Waals surface area contributed by atoms with Crippen LogP contribution in [0.2, 0.25) is 0 Å². The molecule has 1 saturated carbocycles. The number of nitrogens with one attached hydrogen (secondary N) is 1. The van der Waals surface area contributed by atoms with Gasteiger partial charge in [0.2, 0.25) is 5.91 Å². The van der Waals surface area contributed by atoms with Crippen molar-refractivity contribution in [3.05, 3.63) is 54.1 Å². The molecule has 1 aliphatic carbocycles. The van der Waals surface area contributed by atoms with Crippen molar-refractivity contribution in [1.82, 2.24) is 0 Å². The second-order valence-corrected chi connectivity index (χ2v) is 5.55. The van der Waals surface area contributed by atoms with Crippen LogP contribution in [0.4, 0.5) is 5.69 Å². The van der Waals surface area contributed by atoms with Crippen LogP contribution in [-0.2, 0) is 4.79 Å². The van der Waals surface area contributed by atoms with Gasteiger partial charge in [0.05, 0.1) is 5.54 Å². The number of ether oxygens (including phenoxy) is 1. The van der Waals surface area contributed by atoms with Crippen molar-refractivity contribution in [2.75, 3.05) is 5.32 Å². The Morgan fingerprint density at radius 3 is 2.10 bits per heavy atom. The average Bonchev–Trinajstić information content (AvgIpc) is 3.23. The molecule has 1 aliphatic rings. The Morgan fingerprint density at radius 2 is 1.57 bits per heavy atom. The summed E-state index contributed by atoms with van der Waals surface area (Å²) in [6, 6.07) is 15.1. The number of carbonyl (C=O) groups is 1. The van der Waals surface area contributed by atoms with Crippen molar-refractivity contribution in [2.45, 2.75) is 25.3 Å². The summed E-state index contributed by atoms with van der Waals surface area (Å²) >= 11 is 0. The molecular weight excluding hydrogens is 264 g/mol. The molecule has 21 heavy (non-hydrogen) atoms. The van der Waals surface area contributed by atoms with Crippen LogP contribution in [0.25, 0.3) is 0 Å². The Labute approximate surface area is 123 Å². The first-order valence-electron chi connectivity index (χ1n) is 7.00. The fraction of sp³-hybridized carbons (Fsp3) is 0.235. The molecule has 3 rings (SSSR count). The summed E-state index contributed by atoms with van der Waals surface area (Å²) < 4.78 is 5.74. The third-order valence-corrected chi connectivity index (χ3v) is 3.61. The highest BCUT2D eigenvalue weighted by Gasteiger charge is 2.45. The summed E-state index contributed by atoms with van der Waals surface area (Å²) in [5.74, 6) is 1.40. The van der Waals surface area contributed by atoms with Crippen molar-refractivity contribution in [1.29, 1.82) is 0 Å². The molecule has 1 fully saturated rings. The van der Waals surface area contributed by atoms with E-state index in [1.54, 1.807) is 0 Å². The van der Waals surface area contributed by atoms with Gasteiger partial charge in [0.25, 0.3) is 0 Å². The minimum atomic E-state index is -0.656. The first kappa shape index (κ1) is 13.6. The van der Waals surface area contributed by atoms with E-state index in [1.165, 1.54) is 5.56 Å². The number of rotatable bonds is 4. The van der Waals surface area contributed by atoms with Gasteiger partial charge in [0.15, 0.2) is 0 Å². The van der Waals surface area contributed by atoms with Gasteiger partial charge in [-0.3, -0.25) is 4.79 Å². The highest BCUT2D eigenvalue weighted by Crippen LogP contribution is 2.33. The molecule has 1 amide bonds. The Morgan fingerprint density at radius 1 is 1.05 bits per heavy atom. The van der Waals surface area contributed by atoms with Crippen LogP contribution in [0.3, 0.4) is 0 Å². The van der Waals surface area contributed by atoms with Crippen LogP contribution in [0, 0.1) is 6.92 Å². The maximum atomic E-state index is 11.8. The van der Waals surface area contributed by atoms with E-state index in [2.05, 4.69) is 5.32 Å². The van der Waals surface area contributed by atoms with Gasteiger partial charge in [-0.15, -0.1) is 0 Å². The van der Waals surface area contributed by atoms with Gasteiger partial charge in [-0.1, -0.05) is 17.7 Å². The predicted molar refractivity (Wildman–Crippen MR) is 82.5 cm³/mol. The Kier molecular flexibility index (Phi) is 3.39. The van der Waals surface area contributed by atoms with Crippen LogP contribution >= 0.6 is 0 Å². The van der Waals surface area contributed by atoms with Gasteiger partial charge in [0, 0.05) is 5.69 Å². The summed E-state index contributed by atoms with van der Waals surface area (Å²) in [5.41, 5.74) is 7.11. The summed E-state index contributed by atoms with van der Waals surface area (Å²) in [6.07, 6.45) is 1.51. The van der Waals surface area contributed by atoms with Crippen molar-refractivity contribution < 1.29 is 9.53 Å². The molecule has 108 valence electrons. The van der Waals surface area contributed by atoms with Crippen LogP contribution < -0.4 is 15.8 Å². The third-order valence-electron chi connectivity index (χ3n) is 3.61. The smallest absolute Gasteiger partial charge is 0.244 e. The van der Waals surface area contributed by atoms with Gasteiger partial charge in [-0.2, -0.15) is 0 Å². The second kappa shape index (κ2) is 5.22. The van der Waals surface area contributed by atoms with E-state index in [0.717, 1.165) is 30.0 Å². The first-order chi connectivity index (χ1) is 10.0. The molecule has 4 heteroatoms. The predicted octanol–water partition coefficient (Wildman–Crippen LogP) is 3.22. The Balaban J connectivity index is 1.63. The zero-order chi connectivity index (χ0) is 14.9. The Hall–Kier alpha value is -2.33. The van der Waals surface area contributed by atoms with E-state index in [4.69, 9.17) is 10.5 Å². The number of benzene rings is 2. The van der Waals surface area contributed by atoms with E-state index >= 15 is 0 Å². The topological polar surface area (TPSA) is 64.3 Å². The van der Waals surface area contributed by atoms with Crippen molar-refractivity contribution in [3.8, 4) is 11.5 Å². The first-order valence-corrected chi connectivity index (χ1v) is 7.00. The quantitative estimate of drug-likeness (QED) is 0.905. The lowest BCUT2D eigenvalue weighted by Gasteiger charge is -2.11. The van der Waals surface area contributed by atoms with Gasteiger partial charge in [-0.05, 0) is 56.2 Å². The molecule has 0 atom stereocenters. The number of hydrogen-bond donors (Lipinski definition) is 2. The third kappa shape index (κ3) is 3.23. The molecule has 3 N–H and O–H groups in total. The SMILES string of the molecule is Cc1ccc(Oc2ccc(NC(=O)C3(N)CC3)cc2)cc1. The molecular formula is C17H18N2O2. The summed E-state index contributed by atoms with van der Waals surface area (Å²) in [7, 11) is 0. The number of nitrogens with two attached hydrogens (primary N) is 1. The highest BCUT2D eigenvalue weighted by molar-refractivity contribution is 6.00. The molecule has 0 aromatic heterocycles. The molecule has 0 spiro atoms. The van der Waals surface area contributed by atoms with E-state index in [1.807, 2.05) is 55.5 Å². The number of hydrogen-bond acceptors (Lipinski definition) is 3. The number of anilines is 1. The van der Waals surface area contributed by atoms with Crippen molar-refractivity contribution >= 4 is 11.6 Å². The van der Waals surface area contributed by atoms with Crippen LogP contribution in [-0.4, -0.2) is 11.4 Å². The largest absolute Gasteiger partial charge is 0.457 e. The van der Waals surface area contributed by atoms with Crippen LogP contribution in [0.15, 0.2) is 48.5 Å². The van der Waals surface area contributed by atoms with Crippen molar-refractivity contribution in [3.63, 3.8) is 0 Å². The molecule has 0 bridgehead atoms. The standard InChI is InChI=1S/C17H18N2O2/c1-12-2-6-14(7-3-12)21-15-8-4-13(5-9-15)19-16(20)17(18)10-11-17/h2-9H,10-11,18H2,1H3,(H,19,20). The van der Waals surface area contributed by atoms with Crippen molar-refractivity contribution in [2.24, 2.45) is 5.73 Å². The zero-order valence-electron chi connectivity index (χ0n) is 11.9. The summed E-state index contributed by atoms with van der Waals surface area (Å²) in [6.45, 7) is 2.03. The lowest BCUT2D eigenvalue weighted by Crippen LogP contribution is -2.37. The van der Waals surface area contributed by atoms with Gasteiger partial charge in [0.1, 0.15) is 11.5 Å². The fourth-order valence-corrected chi connectivity index (χ4v) is 1.97. The number of amides is 1. The monoisotopic (exact) mass is 282 g/mol. The lowest BCUT2D eigenvalue weighted by molar-refractivity contribution is -0.118. The molecule has 0 unspecified atom stereocenters. The Bertz CT molecular complexity index is 643. The minimum absolute atomic E-state index is 0.116. The molecule has 2 aromatic rings. The normalized spacial score (nSPS) is 15.3. The highest BCUT2D eigenvalue weighted by atomic mass is 16.5. The summed E-state index contributed by atoms with van der Waals surface area (Å²) in [4.78, 5) is 11.8. The second-order valence-electron chi connectivity index (χ2n) is 5.55. The zero-order valence-corrected chi connectivity index (χ0v) is 11.9. The van der Waals surface area contributed by atoms with Gasteiger partial charge < -0.3 is 15.8 Å².